The summed E-state index contributed by atoms with van der Waals surface area (Å²) in [5.41, 5.74) is 4.57. The number of rotatable bonds is 11. The van der Waals surface area contributed by atoms with Crippen molar-refractivity contribution in [3.63, 3.8) is 0 Å². The molecule has 0 fully saturated rings. The molecule has 0 N–H and O–H groups in total. The third-order valence-corrected chi connectivity index (χ3v) is 8.94. The van der Waals surface area contributed by atoms with Gasteiger partial charge in [0.05, 0.1) is 47.4 Å². The minimum absolute atomic E-state index is 0.264. The number of carbonyl (C=O) groups excluding carboxylic acids is 1. The molecule has 0 saturated carbocycles. The molecule has 5 aromatic rings. The first-order valence-corrected chi connectivity index (χ1v) is 16.8. The first-order chi connectivity index (χ1) is 23.3. The van der Waals surface area contributed by atoms with Gasteiger partial charge in [0.1, 0.15) is 17.2 Å². The second-order valence-corrected chi connectivity index (χ2v) is 12.8. The van der Waals surface area contributed by atoms with Gasteiger partial charge in [-0.3, -0.25) is 9.36 Å². The van der Waals surface area contributed by atoms with Gasteiger partial charge in [-0.1, -0.05) is 55.0 Å². The average molecular weight is 663 g/mol. The maximum absolute atomic E-state index is 14.4. The highest BCUT2D eigenvalue weighted by molar-refractivity contribution is 7.07. The quantitative estimate of drug-likeness (QED) is 0.123. The molecule has 1 atom stereocenters. The van der Waals surface area contributed by atoms with Crippen molar-refractivity contribution in [1.82, 2.24) is 14.3 Å². The van der Waals surface area contributed by atoms with Crippen LogP contribution in [-0.4, -0.2) is 40.1 Å². The van der Waals surface area contributed by atoms with Crippen LogP contribution in [0.3, 0.4) is 0 Å². The van der Waals surface area contributed by atoms with Crippen LogP contribution in [0.2, 0.25) is 0 Å². The van der Waals surface area contributed by atoms with Gasteiger partial charge in [-0.25, -0.2) is 14.5 Å². The number of hydrogen-bond donors (Lipinski definition) is 0. The molecule has 0 bridgehead atoms. The van der Waals surface area contributed by atoms with E-state index >= 15 is 0 Å². The lowest BCUT2D eigenvalue weighted by Gasteiger charge is -2.25. The minimum atomic E-state index is -0.729. The Morgan fingerprint density at radius 3 is 2.38 bits per heavy atom. The number of esters is 1. The first kappa shape index (κ1) is 32.7. The summed E-state index contributed by atoms with van der Waals surface area (Å²) in [6, 6.07) is 24.3. The molecule has 0 saturated heterocycles. The minimum Gasteiger partial charge on any atom is -0.497 e. The van der Waals surface area contributed by atoms with E-state index < -0.39 is 12.0 Å². The van der Waals surface area contributed by atoms with E-state index in [9.17, 15) is 9.59 Å². The second kappa shape index (κ2) is 14.3. The van der Waals surface area contributed by atoms with E-state index in [1.807, 2.05) is 95.8 Å². The summed E-state index contributed by atoms with van der Waals surface area (Å²) in [5, 5.41) is 4.95. The van der Waals surface area contributed by atoms with Gasteiger partial charge in [-0.05, 0) is 87.4 Å². The Kier molecular flexibility index (Phi) is 9.72. The van der Waals surface area contributed by atoms with Gasteiger partial charge in [0.15, 0.2) is 4.80 Å². The molecule has 0 spiro atoms. The van der Waals surface area contributed by atoms with Crippen molar-refractivity contribution in [2.45, 2.75) is 52.7 Å². The SMILES string of the molecule is CCCCOc1ccc(-c2nn(-c3ccccc3)cc2/C=c2\sc3n(c2=O)C(c2ccc(OC)cc2)C(C(=O)OC(C)C)=C(C)N=3)cc1. The molecule has 1 aliphatic heterocycles. The van der Waals surface area contributed by atoms with E-state index in [4.69, 9.17) is 24.3 Å². The van der Waals surface area contributed by atoms with E-state index in [1.165, 1.54) is 11.3 Å². The van der Waals surface area contributed by atoms with Gasteiger partial charge in [0.25, 0.3) is 5.56 Å². The number of unbranched alkanes of at least 4 members (excludes halogenated alkanes) is 1. The number of thiazole rings is 1. The van der Waals surface area contributed by atoms with Crippen LogP contribution in [0.15, 0.2) is 106 Å². The van der Waals surface area contributed by atoms with Crippen molar-refractivity contribution in [3.8, 4) is 28.4 Å². The fraction of sp³-hybridized carbons (Fsp3) is 0.263. The van der Waals surface area contributed by atoms with Crippen LogP contribution < -0.4 is 24.4 Å². The molecule has 0 aliphatic carbocycles. The molecule has 2 aromatic heterocycles. The Labute approximate surface area is 283 Å². The standard InChI is InChI=1S/C38H38N4O5S/c1-6-7-21-46-31-19-13-26(14-20-31)34-28(23-41(40-34)29-11-9-8-10-12-29)22-32-36(43)42-35(27-15-17-30(45-5)18-16-27)33(37(44)47-24(2)3)25(4)39-38(42)48-32/h8-20,22-24,35H,6-7,21H2,1-5H3/b32-22-. The molecule has 0 radical (unpaired) electrons. The number of ether oxygens (including phenoxy) is 3. The van der Waals surface area contributed by atoms with Crippen molar-refractivity contribution in [2.75, 3.05) is 13.7 Å². The number of fused-ring (bicyclic) bond motifs is 1. The molecule has 3 heterocycles. The molecular weight excluding hydrogens is 625 g/mol. The lowest BCUT2D eigenvalue weighted by atomic mass is 9.96. The van der Waals surface area contributed by atoms with Gasteiger partial charge in [-0.2, -0.15) is 5.10 Å². The highest BCUT2D eigenvalue weighted by Gasteiger charge is 2.34. The van der Waals surface area contributed by atoms with Crippen LogP contribution in [0.4, 0.5) is 0 Å². The smallest absolute Gasteiger partial charge is 0.338 e. The number of carbonyl (C=O) groups is 1. The van der Waals surface area contributed by atoms with Gasteiger partial charge in [-0.15, -0.1) is 0 Å². The third kappa shape index (κ3) is 6.75. The zero-order valence-corrected chi connectivity index (χ0v) is 28.5. The summed E-state index contributed by atoms with van der Waals surface area (Å²) in [4.78, 5) is 33.1. The molecule has 48 heavy (non-hydrogen) atoms. The van der Waals surface area contributed by atoms with Crippen molar-refractivity contribution >= 4 is 23.4 Å². The Morgan fingerprint density at radius 1 is 1.00 bits per heavy atom. The summed E-state index contributed by atoms with van der Waals surface area (Å²) >= 11 is 1.28. The predicted octanol–water partition coefficient (Wildman–Crippen LogP) is 6.23. The monoisotopic (exact) mass is 662 g/mol. The number of aromatic nitrogens is 3. The summed E-state index contributed by atoms with van der Waals surface area (Å²) < 4.78 is 20.8. The van der Waals surface area contributed by atoms with Crippen LogP contribution in [0.25, 0.3) is 23.0 Å². The fourth-order valence-corrected chi connectivity index (χ4v) is 6.61. The molecule has 9 nitrogen and oxygen atoms in total. The maximum Gasteiger partial charge on any atom is 0.338 e. The number of para-hydroxylation sites is 1. The van der Waals surface area contributed by atoms with Crippen LogP contribution in [0, 0.1) is 0 Å². The highest BCUT2D eigenvalue weighted by atomic mass is 32.1. The first-order valence-electron chi connectivity index (χ1n) is 16.0. The van der Waals surface area contributed by atoms with E-state index in [2.05, 4.69) is 6.92 Å². The van der Waals surface area contributed by atoms with E-state index in [1.54, 1.807) is 32.4 Å². The van der Waals surface area contributed by atoms with Gasteiger partial charge >= 0.3 is 5.97 Å². The lowest BCUT2D eigenvalue weighted by molar-refractivity contribution is -0.143. The lowest BCUT2D eigenvalue weighted by Crippen LogP contribution is -2.40. The van der Waals surface area contributed by atoms with Crippen LogP contribution in [0.1, 0.15) is 57.7 Å². The van der Waals surface area contributed by atoms with Crippen molar-refractivity contribution < 1.29 is 19.0 Å². The third-order valence-electron chi connectivity index (χ3n) is 7.96. The Bertz CT molecular complexity index is 2130. The van der Waals surface area contributed by atoms with Crippen molar-refractivity contribution in [1.29, 1.82) is 0 Å². The molecule has 10 heteroatoms. The van der Waals surface area contributed by atoms with E-state index in [0.717, 1.165) is 41.0 Å². The number of benzene rings is 3. The zero-order chi connectivity index (χ0) is 33.8. The Balaban J connectivity index is 1.49. The predicted molar refractivity (Wildman–Crippen MR) is 187 cm³/mol. The van der Waals surface area contributed by atoms with Crippen molar-refractivity contribution in [3.05, 3.63) is 127 Å². The molecule has 246 valence electrons. The number of nitrogens with zero attached hydrogens (tertiary/aromatic N) is 4. The summed E-state index contributed by atoms with van der Waals surface area (Å²) in [6.45, 7) is 8.17. The largest absolute Gasteiger partial charge is 0.497 e. The summed E-state index contributed by atoms with van der Waals surface area (Å²) in [5.74, 6) is 0.960. The molecule has 3 aromatic carbocycles. The molecule has 6 rings (SSSR count). The second-order valence-electron chi connectivity index (χ2n) is 11.7. The van der Waals surface area contributed by atoms with E-state index in [-0.39, 0.29) is 11.7 Å². The number of allylic oxidation sites excluding steroid dienone is 1. The van der Waals surface area contributed by atoms with Crippen molar-refractivity contribution in [2.24, 2.45) is 4.99 Å². The Morgan fingerprint density at radius 2 is 1.71 bits per heavy atom. The summed E-state index contributed by atoms with van der Waals surface area (Å²) in [6.07, 6.45) is 5.49. The van der Waals surface area contributed by atoms with Crippen LogP contribution in [-0.2, 0) is 9.53 Å². The molecule has 1 unspecified atom stereocenters. The van der Waals surface area contributed by atoms with Crippen LogP contribution >= 0.6 is 11.3 Å². The van der Waals surface area contributed by atoms with Gasteiger partial charge in [0, 0.05) is 17.3 Å². The molecule has 0 amide bonds. The van der Waals surface area contributed by atoms with Gasteiger partial charge in [0.2, 0.25) is 0 Å². The fourth-order valence-electron chi connectivity index (χ4n) is 5.58. The Hall–Kier alpha value is -5.22. The number of hydrogen-bond acceptors (Lipinski definition) is 8. The summed E-state index contributed by atoms with van der Waals surface area (Å²) in [7, 11) is 1.59. The van der Waals surface area contributed by atoms with Crippen LogP contribution in [0.5, 0.6) is 11.5 Å². The van der Waals surface area contributed by atoms with Gasteiger partial charge < -0.3 is 14.2 Å². The average Bonchev–Trinajstić information content (AvgIpc) is 3.65. The maximum atomic E-state index is 14.4. The van der Waals surface area contributed by atoms with E-state index in [0.29, 0.717) is 38.7 Å². The number of methoxy groups -OCH3 is 1. The zero-order valence-electron chi connectivity index (χ0n) is 27.7. The normalized spacial score (nSPS) is 14.5. The molecule has 1 aliphatic rings. The topological polar surface area (TPSA) is 96.9 Å². The molecular formula is C38H38N4O5S. The highest BCUT2D eigenvalue weighted by Crippen LogP contribution is 2.32.